The van der Waals surface area contributed by atoms with Crippen molar-refractivity contribution in [3.8, 4) is 0 Å². The molecule has 0 aliphatic carbocycles. The number of benzene rings is 1. The first kappa shape index (κ1) is 12.8. The highest BCUT2D eigenvalue weighted by Gasteiger charge is 2.06. The summed E-state index contributed by atoms with van der Waals surface area (Å²) < 4.78 is 2.17. The fraction of sp³-hybridized carbons (Fsp3) is 0.214. The van der Waals surface area contributed by atoms with Gasteiger partial charge >= 0.3 is 0 Å². The molecule has 3 aromatic rings. The monoisotopic (exact) mass is 285 g/mol. The summed E-state index contributed by atoms with van der Waals surface area (Å²) in [5, 5.41) is 12.5. The van der Waals surface area contributed by atoms with Crippen molar-refractivity contribution < 1.29 is 0 Å². The molecule has 0 spiro atoms. The van der Waals surface area contributed by atoms with E-state index < -0.39 is 0 Å². The Morgan fingerprint density at radius 3 is 3.00 bits per heavy atom. The molecule has 2 heterocycles. The third kappa shape index (κ3) is 2.08. The van der Waals surface area contributed by atoms with Gasteiger partial charge in [-0.05, 0) is 25.2 Å². The summed E-state index contributed by atoms with van der Waals surface area (Å²) in [6.45, 7) is 4.06. The molecular formula is C14H15N5S. The highest BCUT2D eigenvalue weighted by atomic mass is 32.1. The van der Waals surface area contributed by atoms with E-state index in [0.29, 0.717) is 4.77 Å². The van der Waals surface area contributed by atoms with Gasteiger partial charge in [-0.1, -0.05) is 25.1 Å². The van der Waals surface area contributed by atoms with Crippen molar-refractivity contribution in [2.45, 2.75) is 20.3 Å². The third-order valence-electron chi connectivity index (χ3n) is 3.28. The average Bonchev–Trinajstić information content (AvgIpc) is 2.96. The number of fused-ring (bicyclic) bond motifs is 1. The number of para-hydroxylation sites is 1. The van der Waals surface area contributed by atoms with Gasteiger partial charge in [0.15, 0.2) is 5.82 Å². The van der Waals surface area contributed by atoms with Gasteiger partial charge < -0.3 is 4.98 Å². The van der Waals surface area contributed by atoms with E-state index in [2.05, 4.69) is 32.4 Å². The van der Waals surface area contributed by atoms with Gasteiger partial charge in [0, 0.05) is 28.6 Å². The fourth-order valence-electron chi connectivity index (χ4n) is 2.25. The number of aromatic amines is 2. The maximum absolute atomic E-state index is 5.19. The second kappa shape index (κ2) is 5.05. The Bertz CT molecular complexity index is 837. The molecule has 0 atom stereocenters. The Kier molecular flexibility index (Phi) is 3.23. The van der Waals surface area contributed by atoms with Crippen LogP contribution >= 0.6 is 12.2 Å². The highest BCUT2D eigenvalue weighted by molar-refractivity contribution is 7.71. The Balaban J connectivity index is 2.09. The predicted molar refractivity (Wildman–Crippen MR) is 82.8 cm³/mol. The van der Waals surface area contributed by atoms with Crippen LogP contribution < -0.4 is 0 Å². The largest absolute Gasteiger partial charge is 0.358 e. The van der Waals surface area contributed by atoms with E-state index in [-0.39, 0.29) is 0 Å². The fourth-order valence-corrected chi connectivity index (χ4v) is 2.45. The van der Waals surface area contributed by atoms with E-state index in [9.17, 15) is 0 Å². The van der Waals surface area contributed by atoms with Crippen LogP contribution in [-0.2, 0) is 6.42 Å². The van der Waals surface area contributed by atoms with Crippen molar-refractivity contribution in [3.63, 3.8) is 0 Å². The minimum atomic E-state index is 0.510. The summed E-state index contributed by atoms with van der Waals surface area (Å²) in [7, 11) is 0. The maximum Gasteiger partial charge on any atom is 0.216 e. The Morgan fingerprint density at radius 2 is 2.20 bits per heavy atom. The van der Waals surface area contributed by atoms with Crippen LogP contribution in [0.3, 0.4) is 0 Å². The second-order valence-corrected chi connectivity index (χ2v) is 4.95. The van der Waals surface area contributed by atoms with Crippen LogP contribution in [0.4, 0.5) is 0 Å². The van der Waals surface area contributed by atoms with Crippen molar-refractivity contribution in [3.05, 3.63) is 46.1 Å². The van der Waals surface area contributed by atoms with Crippen LogP contribution in [0.2, 0.25) is 0 Å². The molecule has 0 bridgehead atoms. The van der Waals surface area contributed by atoms with Gasteiger partial charge in [0.2, 0.25) is 4.77 Å². The molecule has 0 saturated carbocycles. The number of aryl methyl sites for hydroxylation is 2. The lowest BCUT2D eigenvalue weighted by Gasteiger charge is -1.97. The zero-order chi connectivity index (χ0) is 14.1. The molecule has 20 heavy (non-hydrogen) atoms. The lowest BCUT2D eigenvalue weighted by atomic mass is 10.1. The minimum absolute atomic E-state index is 0.510. The van der Waals surface area contributed by atoms with Gasteiger partial charge in [0.25, 0.3) is 0 Å². The van der Waals surface area contributed by atoms with Gasteiger partial charge in [-0.15, -0.1) is 0 Å². The lowest BCUT2D eigenvalue weighted by Crippen LogP contribution is -1.97. The van der Waals surface area contributed by atoms with Crippen LogP contribution in [0.15, 0.2) is 29.4 Å². The minimum Gasteiger partial charge on any atom is -0.358 e. The van der Waals surface area contributed by atoms with Crippen LogP contribution in [0.25, 0.3) is 10.9 Å². The molecule has 0 radical (unpaired) electrons. The maximum atomic E-state index is 5.19. The molecule has 1 aromatic carbocycles. The van der Waals surface area contributed by atoms with Crippen molar-refractivity contribution in [1.82, 2.24) is 19.9 Å². The first-order valence-corrected chi connectivity index (χ1v) is 6.89. The number of H-pyrrole nitrogens is 2. The highest BCUT2D eigenvalue weighted by Crippen LogP contribution is 2.20. The van der Waals surface area contributed by atoms with Crippen molar-refractivity contribution in [1.29, 1.82) is 0 Å². The first-order valence-electron chi connectivity index (χ1n) is 6.48. The number of aromatic nitrogens is 4. The molecule has 0 aliphatic rings. The normalized spacial score (nSPS) is 11.7. The van der Waals surface area contributed by atoms with Gasteiger partial charge in [-0.3, -0.25) is 5.10 Å². The standard InChI is InChI=1S/C14H15N5S/c1-3-13-17-18-14(20)19(13)15-8-11-9(2)16-12-7-5-4-6-10(11)12/h4-8,16H,3H2,1-2H3,(H,18,20). The topological polar surface area (TPSA) is 61.8 Å². The van der Waals surface area contributed by atoms with E-state index in [1.165, 1.54) is 0 Å². The van der Waals surface area contributed by atoms with Gasteiger partial charge in [-0.25, -0.2) is 0 Å². The summed E-state index contributed by atoms with van der Waals surface area (Å²) in [5.74, 6) is 0.823. The number of nitrogens with one attached hydrogen (secondary N) is 2. The zero-order valence-electron chi connectivity index (χ0n) is 11.3. The van der Waals surface area contributed by atoms with E-state index in [0.717, 1.165) is 34.4 Å². The lowest BCUT2D eigenvalue weighted by molar-refractivity contribution is 0.780. The number of hydrogen-bond donors (Lipinski definition) is 2. The number of hydrogen-bond acceptors (Lipinski definition) is 3. The Hall–Kier alpha value is -2.21. The molecular weight excluding hydrogens is 270 g/mol. The summed E-state index contributed by atoms with van der Waals surface area (Å²) in [6, 6.07) is 8.17. The average molecular weight is 285 g/mol. The molecule has 2 aromatic heterocycles. The molecule has 3 rings (SSSR count). The summed E-state index contributed by atoms with van der Waals surface area (Å²) in [6.07, 6.45) is 2.61. The van der Waals surface area contributed by atoms with Crippen LogP contribution in [0, 0.1) is 11.7 Å². The zero-order valence-corrected chi connectivity index (χ0v) is 12.2. The molecule has 5 nitrogen and oxygen atoms in total. The second-order valence-electron chi connectivity index (χ2n) is 4.56. The molecule has 0 fully saturated rings. The predicted octanol–water partition coefficient (Wildman–Crippen LogP) is 3.18. The summed E-state index contributed by atoms with van der Waals surface area (Å²) in [5.41, 5.74) is 3.27. The van der Waals surface area contributed by atoms with Crippen molar-refractivity contribution in [2.75, 3.05) is 0 Å². The summed E-state index contributed by atoms with van der Waals surface area (Å²) in [4.78, 5) is 3.35. The smallest absolute Gasteiger partial charge is 0.216 e. The van der Waals surface area contributed by atoms with Crippen molar-refractivity contribution in [2.24, 2.45) is 5.10 Å². The van der Waals surface area contributed by atoms with Crippen LogP contribution in [0.1, 0.15) is 24.0 Å². The molecule has 2 N–H and O–H groups in total. The Labute approximate surface area is 121 Å². The van der Waals surface area contributed by atoms with Crippen molar-refractivity contribution >= 4 is 29.3 Å². The SMILES string of the molecule is CCc1n[nH]c(=S)n1N=Cc1c(C)[nH]c2ccccc12. The van der Waals surface area contributed by atoms with Gasteiger partial charge in [0.1, 0.15) is 0 Å². The van der Waals surface area contributed by atoms with Crippen LogP contribution in [0.5, 0.6) is 0 Å². The van der Waals surface area contributed by atoms with Crippen LogP contribution in [-0.4, -0.2) is 26.1 Å². The molecule has 0 amide bonds. The van der Waals surface area contributed by atoms with Gasteiger partial charge in [-0.2, -0.15) is 14.9 Å². The number of rotatable bonds is 3. The molecule has 0 saturated heterocycles. The number of nitrogens with zero attached hydrogens (tertiary/aromatic N) is 3. The molecule has 0 unspecified atom stereocenters. The van der Waals surface area contributed by atoms with E-state index in [4.69, 9.17) is 12.2 Å². The van der Waals surface area contributed by atoms with Gasteiger partial charge in [0.05, 0.1) is 6.21 Å². The molecule has 0 aliphatic heterocycles. The molecule has 6 heteroatoms. The molecule has 102 valence electrons. The van der Waals surface area contributed by atoms with E-state index in [1.54, 1.807) is 4.68 Å². The Morgan fingerprint density at radius 1 is 1.40 bits per heavy atom. The summed E-state index contributed by atoms with van der Waals surface area (Å²) >= 11 is 5.19. The van der Waals surface area contributed by atoms with E-state index >= 15 is 0 Å². The first-order chi connectivity index (χ1) is 9.70. The quantitative estimate of drug-likeness (QED) is 0.573. The third-order valence-corrected chi connectivity index (χ3v) is 3.54. The van der Waals surface area contributed by atoms with E-state index in [1.807, 2.05) is 32.2 Å².